The molecule has 0 spiro atoms. The third kappa shape index (κ3) is 3.41. The molecule has 1 rings (SSSR count). The molecule has 1 saturated carbocycles. The van der Waals surface area contributed by atoms with Crippen molar-refractivity contribution < 1.29 is 9.53 Å². The fourth-order valence-corrected chi connectivity index (χ4v) is 0.991. The standard InChI is InChI=1S/C8H15NO2.ClH/c1-6(9)8(10)11-5-7-3-2-4-7;/h6-7H,2-5,9H2,1H3;1H/t6-;/m0./s1. The van der Waals surface area contributed by atoms with Crippen LogP contribution in [0.4, 0.5) is 0 Å². The molecule has 0 unspecified atom stereocenters. The van der Waals surface area contributed by atoms with E-state index in [1.54, 1.807) is 6.92 Å². The van der Waals surface area contributed by atoms with Gasteiger partial charge < -0.3 is 10.5 Å². The highest BCUT2D eigenvalue weighted by atomic mass is 35.5. The Morgan fingerprint density at radius 3 is 2.58 bits per heavy atom. The molecule has 0 aliphatic heterocycles. The zero-order valence-electron chi connectivity index (χ0n) is 7.29. The molecule has 0 aromatic heterocycles. The zero-order chi connectivity index (χ0) is 8.27. The maximum Gasteiger partial charge on any atom is 0.322 e. The van der Waals surface area contributed by atoms with Gasteiger partial charge in [0.25, 0.3) is 0 Å². The van der Waals surface area contributed by atoms with Gasteiger partial charge in [-0.2, -0.15) is 0 Å². The second-order valence-electron chi connectivity index (χ2n) is 3.22. The SMILES string of the molecule is C[C@H](N)C(=O)OCC1CCC1.Cl. The third-order valence-electron chi connectivity index (χ3n) is 2.06. The van der Waals surface area contributed by atoms with E-state index < -0.39 is 6.04 Å². The number of rotatable bonds is 3. The van der Waals surface area contributed by atoms with Crippen LogP contribution in [0.2, 0.25) is 0 Å². The monoisotopic (exact) mass is 193 g/mol. The van der Waals surface area contributed by atoms with Gasteiger partial charge in [-0.3, -0.25) is 4.79 Å². The first-order chi connectivity index (χ1) is 5.20. The van der Waals surface area contributed by atoms with Gasteiger partial charge in [-0.1, -0.05) is 6.42 Å². The van der Waals surface area contributed by atoms with Crippen molar-refractivity contribution >= 4 is 18.4 Å². The van der Waals surface area contributed by atoms with Crippen molar-refractivity contribution in [1.82, 2.24) is 0 Å². The quantitative estimate of drug-likeness (QED) is 0.683. The van der Waals surface area contributed by atoms with Crippen LogP contribution in [0.25, 0.3) is 0 Å². The topological polar surface area (TPSA) is 52.3 Å². The van der Waals surface area contributed by atoms with Gasteiger partial charge in [0.2, 0.25) is 0 Å². The van der Waals surface area contributed by atoms with Crippen molar-refractivity contribution in [3.63, 3.8) is 0 Å². The Hall–Kier alpha value is -0.280. The van der Waals surface area contributed by atoms with Crippen LogP contribution in [-0.2, 0) is 9.53 Å². The zero-order valence-corrected chi connectivity index (χ0v) is 8.10. The summed E-state index contributed by atoms with van der Waals surface area (Å²) in [5.74, 6) is 0.328. The Bertz CT molecular complexity index is 146. The van der Waals surface area contributed by atoms with Crippen LogP contribution in [0.5, 0.6) is 0 Å². The number of nitrogens with two attached hydrogens (primary N) is 1. The summed E-state index contributed by atoms with van der Waals surface area (Å²) in [5.41, 5.74) is 5.31. The molecule has 1 aliphatic carbocycles. The summed E-state index contributed by atoms with van der Waals surface area (Å²) in [4.78, 5) is 10.8. The maximum atomic E-state index is 10.8. The molecule has 4 heteroatoms. The van der Waals surface area contributed by atoms with E-state index in [4.69, 9.17) is 10.5 Å². The molecule has 2 N–H and O–H groups in total. The lowest BCUT2D eigenvalue weighted by Gasteiger charge is -2.24. The molecule has 0 aromatic rings. The number of carbonyl (C=O) groups is 1. The Morgan fingerprint density at radius 1 is 1.67 bits per heavy atom. The Labute approximate surface area is 79.1 Å². The smallest absolute Gasteiger partial charge is 0.322 e. The normalized spacial score (nSPS) is 18.8. The third-order valence-corrected chi connectivity index (χ3v) is 2.06. The minimum atomic E-state index is -0.477. The number of esters is 1. The van der Waals surface area contributed by atoms with Crippen molar-refractivity contribution in [3.05, 3.63) is 0 Å². The highest BCUT2D eigenvalue weighted by Gasteiger charge is 2.19. The predicted molar refractivity (Wildman–Crippen MR) is 49.2 cm³/mol. The fourth-order valence-electron chi connectivity index (χ4n) is 0.991. The number of halogens is 1. The molecule has 1 aliphatic rings. The molecule has 0 aromatic carbocycles. The summed E-state index contributed by atoms with van der Waals surface area (Å²) in [7, 11) is 0. The van der Waals surface area contributed by atoms with E-state index in [-0.39, 0.29) is 18.4 Å². The predicted octanol–water partition coefficient (Wildman–Crippen LogP) is 1.10. The fraction of sp³-hybridized carbons (Fsp3) is 0.875. The van der Waals surface area contributed by atoms with Crippen LogP contribution >= 0.6 is 12.4 Å². The Morgan fingerprint density at radius 2 is 2.25 bits per heavy atom. The Balaban J connectivity index is 0.00000121. The van der Waals surface area contributed by atoms with Gasteiger partial charge in [0.1, 0.15) is 6.04 Å². The summed E-state index contributed by atoms with van der Waals surface area (Å²) in [6.45, 7) is 2.21. The van der Waals surface area contributed by atoms with Crippen LogP contribution in [0.1, 0.15) is 26.2 Å². The van der Waals surface area contributed by atoms with Crippen molar-refractivity contribution in [2.45, 2.75) is 32.2 Å². The average molecular weight is 194 g/mol. The van der Waals surface area contributed by atoms with Crippen LogP contribution in [-0.4, -0.2) is 18.6 Å². The molecule has 1 fully saturated rings. The summed E-state index contributed by atoms with van der Waals surface area (Å²) < 4.78 is 4.94. The number of hydrogen-bond acceptors (Lipinski definition) is 3. The number of carbonyl (C=O) groups excluding carboxylic acids is 1. The van der Waals surface area contributed by atoms with E-state index in [9.17, 15) is 4.79 Å². The number of hydrogen-bond donors (Lipinski definition) is 1. The van der Waals surface area contributed by atoms with Gasteiger partial charge in [-0.25, -0.2) is 0 Å². The number of ether oxygens (including phenoxy) is 1. The maximum absolute atomic E-state index is 10.8. The lowest BCUT2D eigenvalue weighted by Crippen LogP contribution is -2.31. The van der Waals surface area contributed by atoms with Gasteiger partial charge in [-0.05, 0) is 25.7 Å². The second-order valence-corrected chi connectivity index (χ2v) is 3.22. The van der Waals surface area contributed by atoms with Crippen molar-refractivity contribution in [1.29, 1.82) is 0 Å². The summed E-state index contributed by atoms with van der Waals surface area (Å²) >= 11 is 0. The largest absolute Gasteiger partial charge is 0.464 e. The minimum absolute atomic E-state index is 0. The van der Waals surface area contributed by atoms with E-state index >= 15 is 0 Å². The first-order valence-electron chi connectivity index (χ1n) is 4.12. The van der Waals surface area contributed by atoms with Crippen LogP contribution in [0, 0.1) is 5.92 Å². The molecule has 3 nitrogen and oxygen atoms in total. The van der Waals surface area contributed by atoms with Gasteiger partial charge >= 0.3 is 5.97 Å². The molecule has 0 radical (unpaired) electrons. The molecule has 0 bridgehead atoms. The minimum Gasteiger partial charge on any atom is -0.464 e. The lowest BCUT2D eigenvalue weighted by atomic mass is 9.86. The van der Waals surface area contributed by atoms with E-state index in [0.29, 0.717) is 12.5 Å². The summed E-state index contributed by atoms with van der Waals surface area (Å²) in [6.07, 6.45) is 3.68. The first-order valence-corrected chi connectivity index (χ1v) is 4.12. The molecular formula is C8H16ClNO2. The summed E-state index contributed by atoms with van der Waals surface area (Å²) in [6, 6.07) is -0.477. The van der Waals surface area contributed by atoms with Crippen molar-refractivity contribution in [3.8, 4) is 0 Å². The first kappa shape index (κ1) is 11.7. The molecular weight excluding hydrogens is 178 g/mol. The molecule has 0 heterocycles. The highest BCUT2D eigenvalue weighted by Crippen LogP contribution is 2.26. The van der Waals surface area contributed by atoms with Crippen LogP contribution in [0.3, 0.4) is 0 Å². The van der Waals surface area contributed by atoms with Crippen LogP contribution < -0.4 is 5.73 Å². The average Bonchev–Trinajstić information content (AvgIpc) is 1.83. The van der Waals surface area contributed by atoms with E-state index in [0.717, 1.165) is 0 Å². The Kier molecular flexibility index (Phi) is 5.25. The molecule has 1 atom stereocenters. The molecule has 0 saturated heterocycles. The van der Waals surface area contributed by atoms with Gasteiger partial charge in [0.05, 0.1) is 6.61 Å². The van der Waals surface area contributed by atoms with E-state index in [1.165, 1.54) is 19.3 Å². The molecule has 72 valence electrons. The van der Waals surface area contributed by atoms with Crippen molar-refractivity contribution in [2.24, 2.45) is 11.7 Å². The highest BCUT2D eigenvalue weighted by molar-refractivity contribution is 5.85. The molecule has 0 amide bonds. The van der Waals surface area contributed by atoms with Gasteiger partial charge in [0.15, 0.2) is 0 Å². The van der Waals surface area contributed by atoms with E-state index in [1.807, 2.05) is 0 Å². The van der Waals surface area contributed by atoms with Crippen molar-refractivity contribution in [2.75, 3.05) is 6.61 Å². The van der Waals surface area contributed by atoms with Gasteiger partial charge in [-0.15, -0.1) is 12.4 Å². The summed E-state index contributed by atoms with van der Waals surface area (Å²) in [5, 5.41) is 0. The van der Waals surface area contributed by atoms with E-state index in [2.05, 4.69) is 0 Å². The lowest BCUT2D eigenvalue weighted by molar-refractivity contribution is -0.147. The van der Waals surface area contributed by atoms with Gasteiger partial charge in [0, 0.05) is 0 Å². The molecule has 12 heavy (non-hydrogen) atoms. The second kappa shape index (κ2) is 5.38. The van der Waals surface area contributed by atoms with Crippen LogP contribution in [0.15, 0.2) is 0 Å².